The van der Waals surface area contributed by atoms with Crippen LogP contribution in [0.15, 0.2) is 23.1 Å². The number of aryl methyl sites for hydroxylation is 2. The van der Waals surface area contributed by atoms with E-state index in [1.165, 1.54) is 0 Å². The first-order valence-corrected chi connectivity index (χ1v) is 9.88. The first-order valence-electron chi connectivity index (χ1n) is 9.88. The Bertz CT molecular complexity index is 755. The fraction of sp³-hybridized carbons (Fsp3) is 0.667. The molecular formula is C21H32N2O5. The zero-order chi connectivity index (χ0) is 20.9. The van der Waals surface area contributed by atoms with Gasteiger partial charge in [-0.1, -0.05) is 0 Å². The number of carbonyl (C=O) groups is 2. The number of amides is 1. The van der Waals surface area contributed by atoms with Gasteiger partial charge in [-0.05, 0) is 65.5 Å². The Kier molecular flexibility index (Phi) is 6.91. The molecule has 156 valence electrons. The third-order valence-electron chi connectivity index (χ3n) is 5.06. The van der Waals surface area contributed by atoms with Gasteiger partial charge in [0.25, 0.3) is 5.56 Å². The van der Waals surface area contributed by atoms with Crippen LogP contribution in [0.4, 0.5) is 4.79 Å². The van der Waals surface area contributed by atoms with Crippen LogP contribution in [-0.2, 0) is 20.8 Å². The van der Waals surface area contributed by atoms with Gasteiger partial charge in [0, 0.05) is 31.9 Å². The highest BCUT2D eigenvalue weighted by Gasteiger charge is 2.43. The Hall–Kier alpha value is -2.31. The molecule has 1 amide bonds. The molecule has 1 fully saturated rings. The lowest BCUT2D eigenvalue weighted by atomic mass is 9.75. The second-order valence-corrected chi connectivity index (χ2v) is 8.45. The van der Waals surface area contributed by atoms with E-state index in [2.05, 4.69) is 0 Å². The van der Waals surface area contributed by atoms with E-state index in [1.807, 2.05) is 33.8 Å². The van der Waals surface area contributed by atoms with E-state index < -0.39 is 11.0 Å². The maximum absolute atomic E-state index is 12.7. The zero-order valence-electron chi connectivity index (χ0n) is 17.6. The van der Waals surface area contributed by atoms with Gasteiger partial charge in [0.2, 0.25) is 0 Å². The molecule has 7 heteroatoms. The number of likely N-dealkylation sites (tertiary alicyclic amines) is 1. The van der Waals surface area contributed by atoms with Crippen LogP contribution in [0.3, 0.4) is 0 Å². The summed E-state index contributed by atoms with van der Waals surface area (Å²) in [5.41, 5.74) is -0.421. The van der Waals surface area contributed by atoms with Crippen LogP contribution in [0.25, 0.3) is 0 Å². The minimum absolute atomic E-state index is 0.0785. The molecule has 0 atom stereocenters. The maximum Gasteiger partial charge on any atom is 0.410 e. The summed E-state index contributed by atoms with van der Waals surface area (Å²) >= 11 is 0. The quantitative estimate of drug-likeness (QED) is 0.720. The van der Waals surface area contributed by atoms with Crippen molar-refractivity contribution >= 4 is 12.1 Å². The Morgan fingerprint density at radius 1 is 1.21 bits per heavy atom. The molecule has 0 aliphatic carbocycles. The topological polar surface area (TPSA) is 77.8 Å². The summed E-state index contributed by atoms with van der Waals surface area (Å²) in [5, 5.41) is 0. The lowest BCUT2D eigenvalue weighted by molar-refractivity contribution is -0.159. The number of carbonyl (C=O) groups excluding carboxylic acids is 2. The Morgan fingerprint density at radius 2 is 1.86 bits per heavy atom. The van der Waals surface area contributed by atoms with Crippen molar-refractivity contribution in [2.75, 3.05) is 19.7 Å². The van der Waals surface area contributed by atoms with E-state index >= 15 is 0 Å². The molecule has 0 radical (unpaired) electrons. The van der Waals surface area contributed by atoms with Crippen molar-refractivity contribution in [3.05, 3.63) is 34.2 Å². The number of ether oxygens (including phenoxy) is 2. The predicted molar refractivity (Wildman–Crippen MR) is 106 cm³/mol. The monoisotopic (exact) mass is 392 g/mol. The molecule has 0 saturated carbocycles. The molecule has 0 bridgehead atoms. The van der Waals surface area contributed by atoms with Gasteiger partial charge in [0.15, 0.2) is 0 Å². The fourth-order valence-corrected chi connectivity index (χ4v) is 3.41. The highest BCUT2D eigenvalue weighted by atomic mass is 16.6. The molecule has 2 heterocycles. The molecule has 1 aromatic heterocycles. The van der Waals surface area contributed by atoms with Crippen molar-refractivity contribution in [2.24, 2.45) is 5.41 Å². The minimum Gasteiger partial charge on any atom is -0.466 e. The van der Waals surface area contributed by atoms with E-state index in [0.29, 0.717) is 45.5 Å². The molecule has 28 heavy (non-hydrogen) atoms. The number of aromatic nitrogens is 1. The minimum atomic E-state index is -0.696. The normalized spacial score (nSPS) is 16.5. The zero-order valence-corrected chi connectivity index (χ0v) is 17.6. The van der Waals surface area contributed by atoms with Crippen LogP contribution in [0.5, 0.6) is 0 Å². The summed E-state index contributed by atoms with van der Waals surface area (Å²) in [6, 6.07) is 3.46. The summed E-state index contributed by atoms with van der Waals surface area (Å²) in [6.07, 6.45) is 2.88. The summed E-state index contributed by atoms with van der Waals surface area (Å²) < 4.78 is 12.4. The van der Waals surface area contributed by atoms with Gasteiger partial charge in [-0.15, -0.1) is 0 Å². The Labute approximate surface area is 166 Å². The van der Waals surface area contributed by atoms with Crippen LogP contribution in [0.2, 0.25) is 0 Å². The smallest absolute Gasteiger partial charge is 0.410 e. The molecule has 2 rings (SSSR count). The number of rotatable bonds is 5. The van der Waals surface area contributed by atoms with Gasteiger partial charge < -0.3 is 18.9 Å². The summed E-state index contributed by atoms with van der Waals surface area (Å²) in [5.74, 6) is -0.251. The summed E-state index contributed by atoms with van der Waals surface area (Å²) in [4.78, 5) is 38.9. The lowest BCUT2D eigenvalue weighted by Gasteiger charge is -2.40. The number of hydrogen-bond donors (Lipinski definition) is 0. The molecule has 7 nitrogen and oxygen atoms in total. The van der Waals surface area contributed by atoms with Crippen LogP contribution >= 0.6 is 0 Å². The van der Waals surface area contributed by atoms with Crippen LogP contribution < -0.4 is 5.56 Å². The van der Waals surface area contributed by atoms with Crippen molar-refractivity contribution in [3.8, 4) is 0 Å². The highest BCUT2D eigenvalue weighted by molar-refractivity contribution is 5.77. The van der Waals surface area contributed by atoms with E-state index in [1.54, 1.807) is 28.7 Å². The molecule has 1 aliphatic heterocycles. The van der Waals surface area contributed by atoms with E-state index in [4.69, 9.17) is 9.47 Å². The van der Waals surface area contributed by atoms with Crippen LogP contribution in [0, 0.1) is 12.3 Å². The molecule has 0 N–H and O–H groups in total. The Balaban J connectivity index is 2.09. The average Bonchev–Trinajstić information content (AvgIpc) is 2.60. The molecule has 1 saturated heterocycles. The number of piperidine rings is 1. The second kappa shape index (κ2) is 8.80. The largest absolute Gasteiger partial charge is 0.466 e. The first-order chi connectivity index (χ1) is 13.1. The Morgan fingerprint density at radius 3 is 2.39 bits per heavy atom. The van der Waals surface area contributed by atoms with Crippen molar-refractivity contribution < 1.29 is 19.1 Å². The maximum atomic E-state index is 12.7. The van der Waals surface area contributed by atoms with Gasteiger partial charge in [-0.2, -0.15) is 0 Å². The molecule has 0 aromatic carbocycles. The van der Waals surface area contributed by atoms with Crippen molar-refractivity contribution in [1.29, 1.82) is 0 Å². The highest BCUT2D eigenvalue weighted by Crippen LogP contribution is 2.37. The van der Waals surface area contributed by atoms with Gasteiger partial charge in [0.05, 0.1) is 12.0 Å². The van der Waals surface area contributed by atoms with Gasteiger partial charge in [-0.25, -0.2) is 4.79 Å². The molecule has 0 spiro atoms. The standard InChI is InChI=1S/C21H32N2O5/c1-6-27-18(25)21(8-12-22-11-7-16(2)15-17(22)24)9-13-23(14-10-21)19(26)28-20(3,4)5/h7,11,15H,6,8-10,12-14H2,1-5H3. The lowest BCUT2D eigenvalue weighted by Crippen LogP contribution is -2.49. The van der Waals surface area contributed by atoms with Crippen molar-refractivity contribution in [3.63, 3.8) is 0 Å². The SMILES string of the molecule is CCOC(=O)C1(CCn2ccc(C)cc2=O)CCN(C(=O)OC(C)(C)C)CC1. The third kappa shape index (κ3) is 5.59. The van der Waals surface area contributed by atoms with Crippen molar-refractivity contribution in [1.82, 2.24) is 9.47 Å². The number of esters is 1. The van der Waals surface area contributed by atoms with Crippen molar-refractivity contribution in [2.45, 2.75) is 66.0 Å². The summed E-state index contributed by atoms with van der Waals surface area (Å²) in [6.45, 7) is 10.7. The molecule has 0 unspecified atom stereocenters. The van der Waals surface area contributed by atoms with Crippen LogP contribution in [-0.4, -0.2) is 46.8 Å². The number of hydrogen-bond acceptors (Lipinski definition) is 5. The first kappa shape index (κ1) is 22.0. The van der Waals surface area contributed by atoms with Crippen LogP contribution in [0.1, 0.15) is 52.5 Å². The molecule has 1 aromatic rings. The number of nitrogens with zero attached hydrogens (tertiary/aromatic N) is 2. The third-order valence-corrected chi connectivity index (χ3v) is 5.06. The predicted octanol–water partition coefficient (Wildman–Crippen LogP) is 3.13. The molecular weight excluding hydrogens is 360 g/mol. The van der Waals surface area contributed by atoms with Gasteiger partial charge in [-0.3, -0.25) is 9.59 Å². The number of pyridine rings is 1. The van der Waals surface area contributed by atoms with Gasteiger partial charge in [0.1, 0.15) is 5.60 Å². The van der Waals surface area contributed by atoms with E-state index in [9.17, 15) is 14.4 Å². The van der Waals surface area contributed by atoms with Gasteiger partial charge >= 0.3 is 12.1 Å². The average molecular weight is 392 g/mol. The van der Waals surface area contributed by atoms with E-state index in [0.717, 1.165) is 5.56 Å². The summed E-state index contributed by atoms with van der Waals surface area (Å²) in [7, 11) is 0. The fourth-order valence-electron chi connectivity index (χ4n) is 3.41. The molecule has 1 aliphatic rings. The van der Waals surface area contributed by atoms with E-state index in [-0.39, 0.29) is 17.6 Å². The second-order valence-electron chi connectivity index (χ2n) is 8.45.